The third-order valence-electron chi connectivity index (χ3n) is 2.04. The topological polar surface area (TPSA) is 133 Å². The van der Waals surface area contributed by atoms with E-state index in [4.69, 9.17) is 19.8 Å². The quantitative estimate of drug-likeness (QED) is 0.309. The van der Waals surface area contributed by atoms with Gasteiger partial charge in [0.05, 0.1) is 0 Å². The van der Waals surface area contributed by atoms with Crippen LogP contribution in [-0.4, -0.2) is 34.0 Å². The van der Waals surface area contributed by atoms with Crippen molar-refractivity contribution in [2.24, 2.45) is 0 Å². The van der Waals surface area contributed by atoms with Crippen molar-refractivity contribution in [2.75, 3.05) is 10.6 Å². The minimum atomic E-state index is -0.833. The van der Waals surface area contributed by atoms with E-state index in [1.165, 1.54) is 13.8 Å². The van der Waals surface area contributed by atoms with Gasteiger partial charge in [-0.15, -0.1) is 12.1 Å². The van der Waals surface area contributed by atoms with E-state index in [9.17, 15) is 9.59 Å². The first-order chi connectivity index (χ1) is 13.0. The number of rotatable bonds is 2. The molecule has 0 aromatic heterocycles. The van der Waals surface area contributed by atoms with Crippen molar-refractivity contribution in [1.29, 1.82) is 0 Å². The molecule has 0 radical (unpaired) electrons. The molecule has 0 aliphatic rings. The Labute approximate surface area is 203 Å². The SMILES string of the molecule is CC(=O)Nc1[c-]cccc1.CC(=O)Nc1[c-]cccc1.CC(=O)O.CC(=O)O.[Pd].[Pd]. The molecule has 0 saturated heterocycles. The number of benzene rings is 2. The Bertz CT molecular complexity index is 657. The average molecular weight is 601 g/mol. The molecule has 0 bridgehead atoms. The number of hydrogen-bond acceptors (Lipinski definition) is 4. The van der Waals surface area contributed by atoms with E-state index in [1.807, 2.05) is 24.3 Å². The number of aliphatic carboxylic acids is 2. The van der Waals surface area contributed by atoms with E-state index in [1.54, 1.807) is 24.3 Å². The Hall–Kier alpha value is -2.36. The summed E-state index contributed by atoms with van der Waals surface area (Å²) < 4.78 is 0. The second kappa shape index (κ2) is 22.9. The molecule has 2 aromatic rings. The van der Waals surface area contributed by atoms with Crippen molar-refractivity contribution >= 4 is 35.1 Å². The summed E-state index contributed by atoms with van der Waals surface area (Å²) in [6.45, 7) is 5.11. The molecule has 0 fully saturated rings. The summed E-state index contributed by atoms with van der Waals surface area (Å²) >= 11 is 0. The first-order valence-electron chi connectivity index (χ1n) is 7.92. The van der Waals surface area contributed by atoms with Crippen LogP contribution in [0.25, 0.3) is 0 Å². The van der Waals surface area contributed by atoms with Gasteiger partial charge in [-0.2, -0.15) is 48.5 Å². The fourth-order valence-corrected chi connectivity index (χ4v) is 1.32. The number of carboxylic acid groups (broad SMARTS) is 2. The van der Waals surface area contributed by atoms with E-state index < -0.39 is 11.9 Å². The van der Waals surface area contributed by atoms with Crippen molar-refractivity contribution < 1.29 is 70.2 Å². The van der Waals surface area contributed by atoms with Gasteiger partial charge in [0.25, 0.3) is 11.9 Å². The van der Waals surface area contributed by atoms with Gasteiger partial charge in [-0.3, -0.25) is 19.2 Å². The molecule has 8 nitrogen and oxygen atoms in total. The summed E-state index contributed by atoms with van der Waals surface area (Å²) in [5.74, 6) is -1.80. The summed E-state index contributed by atoms with van der Waals surface area (Å²) in [6, 6.07) is 20.2. The molecule has 0 aliphatic carbocycles. The molecule has 172 valence electrons. The van der Waals surface area contributed by atoms with Gasteiger partial charge in [0.15, 0.2) is 0 Å². The van der Waals surface area contributed by atoms with Crippen LogP contribution in [0.4, 0.5) is 11.4 Å². The van der Waals surface area contributed by atoms with Gasteiger partial charge in [0.2, 0.25) is 11.8 Å². The number of nitrogens with one attached hydrogen (secondary N) is 2. The predicted molar refractivity (Wildman–Crippen MR) is 106 cm³/mol. The number of anilines is 2. The molecule has 2 amide bonds. The van der Waals surface area contributed by atoms with Gasteiger partial charge in [-0.25, -0.2) is 0 Å². The van der Waals surface area contributed by atoms with Crippen LogP contribution < -0.4 is 10.6 Å². The predicted octanol–water partition coefficient (Wildman–Crippen LogP) is 3.07. The van der Waals surface area contributed by atoms with Gasteiger partial charge in [-0.05, 0) is 0 Å². The third kappa shape index (κ3) is 33.2. The number of carbonyl (C=O) groups is 4. The van der Waals surface area contributed by atoms with Crippen molar-refractivity contribution in [1.82, 2.24) is 0 Å². The van der Waals surface area contributed by atoms with E-state index in [0.717, 1.165) is 25.2 Å². The number of carbonyl (C=O) groups excluding carboxylic acids is 2. The third-order valence-corrected chi connectivity index (χ3v) is 2.04. The van der Waals surface area contributed by atoms with Crippen LogP contribution in [0.2, 0.25) is 0 Å². The van der Waals surface area contributed by atoms with Crippen LogP contribution >= 0.6 is 0 Å². The van der Waals surface area contributed by atoms with Crippen LogP contribution in [0.15, 0.2) is 48.5 Å². The second-order valence-electron chi connectivity index (χ2n) is 4.95. The zero-order valence-corrected chi connectivity index (χ0v) is 19.9. The van der Waals surface area contributed by atoms with Crippen LogP contribution in [0.3, 0.4) is 0 Å². The molecular formula is C20H24N2O6Pd2-2. The normalized spacial score (nSPS) is 7.60. The molecule has 30 heavy (non-hydrogen) atoms. The van der Waals surface area contributed by atoms with Gasteiger partial charge in [0.1, 0.15) is 0 Å². The molecule has 0 saturated carbocycles. The maximum atomic E-state index is 10.5. The summed E-state index contributed by atoms with van der Waals surface area (Å²) in [5.41, 5.74) is 1.44. The first-order valence-corrected chi connectivity index (χ1v) is 7.92. The van der Waals surface area contributed by atoms with Crippen LogP contribution in [0, 0.1) is 12.1 Å². The monoisotopic (exact) mass is 600 g/mol. The van der Waals surface area contributed by atoms with Gasteiger partial charge in [0, 0.05) is 68.5 Å². The number of para-hydroxylation sites is 2. The Kier molecular flexibility index (Phi) is 26.8. The minimum absolute atomic E-state index is 0. The van der Waals surface area contributed by atoms with Crippen molar-refractivity contribution in [3.05, 3.63) is 60.7 Å². The first kappa shape index (κ1) is 35.1. The van der Waals surface area contributed by atoms with Crippen LogP contribution in [0.1, 0.15) is 27.7 Å². The minimum Gasteiger partial charge on any atom is -0.481 e. The van der Waals surface area contributed by atoms with Crippen molar-refractivity contribution in [3.8, 4) is 0 Å². The summed E-state index contributed by atoms with van der Waals surface area (Å²) in [7, 11) is 0. The van der Waals surface area contributed by atoms with Crippen LogP contribution in [-0.2, 0) is 60.0 Å². The van der Waals surface area contributed by atoms with Crippen molar-refractivity contribution in [3.63, 3.8) is 0 Å². The number of carboxylic acids is 2. The van der Waals surface area contributed by atoms with Gasteiger partial charge in [-0.1, -0.05) is 11.4 Å². The Morgan fingerprint density at radius 3 is 1.10 bits per heavy atom. The van der Waals surface area contributed by atoms with E-state index in [-0.39, 0.29) is 52.7 Å². The standard InChI is InChI=1S/2C8H8NO.2C2H4O2.2Pd/c2*1-7(10)9-8-5-3-2-4-6-8;2*1-2(3)4;;/h2*2-5H,1H3,(H,9,10);2*1H3,(H,3,4);;/q2*-1;;;;. The molecule has 0 aliphatic heterocycles. The zero-order chi connectivity index (χ0) is 21.9. The Morgan fingerprint density at radius 1 is 0.667 bits per heavy atom. The maximum Gasteiger partial charge on any atom is 0.300 e. The largest absolute Gasteiger partial charge is 0.481 e. The van der Waals surface area contributed by atoms with E-state index in [0.29, 0.717) is 0 Å². The van der Waals surface area contributed by atoms with E-state index in [2.05, 4.69) is 22.8 Å². The fourth-order valence-electron chi connectivity index (χ4n) is 1.32. The molecule has 4 N–H and O–H groups in total. The Balaban J connectivity index is -0.000000160. The molecule has 0 unspecified atom stereocenters. The van der Waals surface area contributed by atoms with Gasteiger partial charge < -0.3 is 20.8 Å². The fraction of sp³-hybridized carbons (Fsp3) is 0.200. The zero-order valence-electron chi connectivity index (χ0n) is 16.8. The molecular weight excluding hydrogens is 577 g/mol. The van der Waals surface area contributed by atoms with E-state index >= 15 is 0 Å². The molecule has 2 aromatic carbocycles. The molecule has 10 heteroatoms. The number of amides is 2. The summed E-state index contributed by atoms with van der Waals surface area (Å²) in [5, 5.41) is 20.1. The van der Waals surface area contributed by atoms with Crippen molar-refractivity contribution in [2.45, 2.75) is 27.7 Å². The average Bonchev–Trinajstić information content (AvgIpc) is 2.55. The Morgan fingerprint density at radius 2 is 0.933 bits per heavy atom. The molecule has 0 atom stereocenters. The van der Waals surface area contributed by atoms with Gasteiger partial charge >= 0.3 is 0 Å². The molecule has 0 heterocycles. The number of hydrogen-bond donors (Lipinski definition) is 4. The smallest absolute Gasteiger partial charge is 0.300 e. The summed E-state index contributed by atoms with van der Waals surface area (Å²) in [4.78, 5) is 39.0. The summed E-state index contributed by atoms with van der Waals surface area (Å²) in [6.07, 6.45) is 0. The van der Waals surface area contributed by atoms with Crippen LogP contribution in [0.5, 0.6) is 0 Å². The molecule has 2 rings (SSSR count). The maximum absolute atomic E-state index is 10.5. The molecule has 0 spiro atoms. The second-order valence-corrected chi connectivity index (χ2v) is 4.95.